The number of benzene rings is 3. The third-order valence-electron chi connectivity index (χ3n) is 6.36. The first-order valence-electron chi connectivity index (χ1n) is 12.4. The Morgan fingerprint density at radius 1 is 0.441 bits per heavy atom. The van der Waals surface area contributed by atoms with Crippen LogP contribution in [0.2, 0.25) is 0 Å². The minimum Gasteiger partial charge on any atom is -0.207 e. The molecule has 0 aliphatic rings. The van der Waals surface area contributed by atoms with Gasteiger partial charge < -0.3 is 0 Å². The van der Waals surface area contributed by atoms with E-state index in [1.54, 1.807) is 0 Å². The summed E-state index contributed by atoms with van der Waals surface area (Å²) in [5, 5.41) is 0. The van der Waals surface area contributed by atoms with Crippen LogP contribution in [-0.4, -0.2) is 0 Å². The first kappa shape index (κ1) is 26.0. The van der Waals surface area contributed by atoms with Gasteiger partial charge in [-0.2, -0.15) is 0 Å². The molecule has 0 saturated heterocycles. The number of rotatable bonds is 12. The Hall–Kier alpha value is -2.62. The second kappa shape index (κ2) is 12.7. The molecule has 0 fully saturated rings. The highest BCUT2D eigenvalue weighted by molar-refractivity contribution is 5.31. The monoisotopic (exact) mass is 470 g/mol. The Morgan fingerprint density at radius 3 is 1.29 bits per heavy atom. The van der Waals surface area contributed by atoms with E-state index in [-0.39, 0.29) is 30.4 Å². The Kier molecular flexibility index (Phi) is 9.74. The van der Waals surface area contributed by atoms with Crippen LogP contribution in [-0.2, 0) is 38.5 Å². The van der Waals surface area contributed by atoms with Crippen LogP contribution in [0.15, 0.2) is 48.5 Å². The molecular weight excluding hydrogens is 436 g/mol. The van der Waals surface area contributed by atoms with Gasteiger partial charge in [0.05, 0.1) is 0 Å². The summed E-state index contributed by atoms with van der Waals surface area (Å²) in [5.74, 6) is -2.41. The number of hydrogen-bond donors (Lipinski definition) is 0. The van der Waals surface area contributed by atoms with Gasteiger partial charge in [0.15, 0.2) is 0 Å². The molecule has 0 amide bonds. The predicted octanol–water partition coefficient (Wildman–Crippen LogP) is 8.50. The van der Waals surface area contributed by atoms with Crippen LogP contribution < -0.4 is 0 Å². The van der Waals surface area contributed by atoms with Crippen molar-refractivity contribution in [2.75, 3.05) is 0 Å². The molecule has 0 aromatic heterocycles. The molecule has 34 heavy (non-hydrogen) atoms. The molecule has 0 bridgehead atoms. The van der Waals surface area contributed by atoms with Gasteiger partial charge >= 0.3 is 0 Å². The fourth-order valence-corrected chi connectivity index (χ4v) is 4.36. The lowest BCUT2D eigenvalue weighted by atomic mass is 9.97. The first-order chi connectivity index (χ1) is 16.4. The Bertz CT molecular complexity index is 1020. The van der Waals surface area contributed by atoms with Crippen LogP contribution in [0.4, 0.5) is 17.6 Å². The molecule has 4 heteroatoms. The molecular formula is C30H34F4. The van der Waals surface area contributed by atoms with Crippen molar-refractivity contribution < 1.29 is 17.6 Å². The van der Waals surface area contributed by atoms with Gasteiger partial charge in [0.25, 0.3) is 0 Å². The predicted molar refractivity (Wildman–Crippen MR) is 131 cm³/mol. The molecule has 0 aliphatic carbocycles. The molecule has 0 spiro atoms. The van der Waals surface area contributed by atoms with Gasteiger partial charge in [-0.3, -0.25) is 0 Å². The number of aryl methyl sites for hydroxylation is 4. The highest BCUT2D eigenvalue weighted by atomic mass is 19.1. The zero-order valence-electron chi connectivity index (χ0n) is 20.2. The molecule has 3 aromatic rings. The average Bonchev–Trinajstić information content (AvgIpc) is 2.79. The smallest absolute Gasteiger partial charge is 0.129 e. The van der Waals surface area contributed by atoms with E-state index in [1.165, 1.54) is 49.1 Å². The Balaban J connectivity index is 1.61. The van der Waals surface area contributed by atoms with Gasteiger partial charge in [0.2, 0.25) is 0 Å². The maximum atomic E-state index is 14.7. The van der Waals surface area contributed by atoms with Crippen LogP contribution in [0.25, 0.3) is 0 Å². The quantitative estimate of drug-likeness (QED) is 0.184. The number of hydrogen-bond acceptors (Lipinski definition) is 0. The zero-order chi connectivity index (χ0) is 24.5. The van der Waals surface area contributed by atoms with E-state index in [9.17, 15) is 17.6 Å². The summed E-state index contributed by atoms with van der Waals surface area (Å²) in [6, 6.07) is 13.5. The summed E-state index contributed by atoms with van der Waals surface area (Å²) in [6.45, 7) is 4.13. The fraction of sp³-hybridized carbons (Fsp3) is 0.400. The van der Waals surface area contributed by atoms with E-state index in [0.29, 0.717) is 24.0 Å². The molecule has 0 N–H and O–H groups in total. The SMILES string of the molecule is CCCCCc1ccc(CCc2c(F)cc(CCc3c(F)cc(CCC)cc3F)cc2F)cc1. The number of halogens is 4. The lowest BCUT2D eigenvalue weighted by Gasteiger charge is -2.11. The molecule has 0 atom stereocenters. The highest BCUT2D eigenvalue weighted by Gasteiger charge is 2.15. The van der Waals surface area contributed by atoms with Crippen molar-refractivity contribution in [2.45, 2.75) is 78.1 Å². The van der Waals surface area contributed by atoms with Crippen LogP contribution in [0.1, 0.15) is 72.9 Å². The van der Waals surface area contributed by atoms with Gasteiger partial charge in [-0.15, -0.1) is 0 Å². The highest BCUT2D eigenvalue weighted by Crippen LogP contribution is 2.22. The summed E-state index contributed by atoms with van der Waals surface area (Å²) in [4.78, 5) is 0. The summed E-state index contributed by atoms with van der Waals surface area (Å²) in [6.07, 6.45) is 7.04. The van der Waals surface area contributed by atoms with E-state index in [1.807, 2.05) is 19.1 Å². The molecule has 0 radical (unpaired) electrons. The Morgan fingerprint density at radius 2 is 0.853 bits per heavy atom. The van der Waals surface area contributed by atoms with Crippen molar-refractivity contribution >= 4 is 0 Å². The normalized spacial score (nSPS) is 11.2. The lowest BCUT2D eigenvalue weighted by Crippen LogP contribution is -2.04. The first-order valence-corrected chi connectivity index (χ1v) is 12.4. The van der Waals surface area contributed by atoms with Crippen molar-refractivity contribution in [1.82, 2.24) is 0 Å². The van der Waals surface area contributed by atoms with E-state index >= 15 is 0 Å². The molecule has 0 saturated carbocycles. The van der Waals surface area contributed by atoms with Gasteiger partial charge in [0.1, 0.15) is 23.3 Å². The molecule has 0 aliphatic heterocycles. The van der Waals surface area contributed by atoms with Crippen molar-refractivity contribution in [2.24, 2.45) is 0 Å². The standard InChI is InChI=1S/C30H34F4/c1-3-5-6-8-21-9-11-22(12-10-21)13-15-25-29(33)19-24(20-30(25)34)14-16-26-27(31)17-23(7-4-2)18-28(26)32/h9-12,17-20H,3-8,13-16H2,1-2H3. The minimum atomic E-state index is -0.606. The van der Waals surface area contributed by atoms with Gasteiger partial charge in [-0.1, -0.05) is 57.4 Å². The molecule has 3 rings (SSSR count). The second-order valence-electron chi connectivity index (χ2n) is 9.10. The third kappa shape index (κ3) is 7.19. The average molecular weight is 471 g/mol. The summed E-state index contributed by atoms with van der Waals surface area (Å²) in [5.41, 5.74) is 3.35. The molecule has 0 unspecified atom stereocenters. The van der Waals surface area contributed by atoms with Crippen LogP contribution in [0.5, 0.6) is 0 Å². The summed E-state index contributed by atoms with van der Waals surface area (Å²) >= 11 is 0. The topological polar surface area (TPSA) is 0 Å². The summed E-state index contributed by atoms with van der Waals surface area (Å²) < 4.78 is 58.0. The van der Waals surface area contributed by atoms with Crippen molar-refractivity contribution in [3.8, 4) is 0 Å². The fourth-order valence-electron chi connectivity index (χ4n) is 4.36. The molecule has 0 nitrogen and oxygen atoms in total. The minimum absolute atomic E-state index is 0.0390. The van der Waals surface area contributed by atoms with E-state index in [0.717, 1.165) is 18.4 Å². The van der Waals surface area contributed by atoms with E-state index in [4.69, 9.17) is 0 Å². The van der Waals surface area contributed by atoms with Crippen LogP contribution in [0, 0.1) is 23.3 Å². The van der Waals surface area contributed by atoms with Crippen molar-refractivity contribution in [1.29, 1.82) is 0 Å². The zero-order valence-corrected chi connectivity index (χ0v) is 20.2. The van der Waals surface area contributed by atoms with Gasteiger partial charge in [-0.05, 0) is 91.5 Å². The van der Waals surface area contributed by atoms with Gasteiger partial charge in [0, 0.05) is 11.1 Å². The third-order valence-corrected chi connectivity index (χ3v) is 6.36. The van der Waals surface area contributed by atoms with E-state index in [2.05, 4.69) is 19.1 Å². The van der Waals surface area contributed by atoms with E-state index < -0.39 is 23.3 Å². The maximum absolute atomic E-state index is 14.7. The Labute approximate surface area is 201 Å². The maximum Gasteiger partial charge on any atom is 0.129 e. The van der Waals surface area contributed by atoms with Crippen molar-refractivity contribution in [3.05, 3.63) is 105 Å². The summed E-state index contributed by atoms with van der Waals surface area (Å²) in [7, 11) is 0. The largest absolute Gasteiger partial charge is 0.207 e. The van der Waals surface area contributed by atoms with Crippen LogP contribution in [0.3, 0.4) is 0 Å². The lowest BCUT2D eigenvalue weighted by molar-refractivity contribution is 0.544. The molecule has 182 valence electrons. The van der Waals surface area contributed by atoms with Gasteiger partial charge in [-0.25, -0.2) is 17.6 Å². The van der Waals surface area contributed by atoms with Crippen LogP contribution >= 0.6 is 0 Å². The molecule has 3 aromatic carbocycles. The molecule has 0 heterocycles. The van der Waals surface area contributed by atoms with Crippen molar-refractivity contribution in [3.63, 3.8) is 0 Å². The number of unbranched alkanes of at least 4 members (excludes halogenated alkanes) is 2. The second-order valence-corrected chi connectivity index (χ2v) is 9.10.